The van der Waals surface area contributed by atoms with Crippen LogP contribution in [-0.4, -0.2) is 93.0 Å². The molecule has 2 fully saturated rings. The van der Waals surface area contributed by atoms with E-state index in [-0.39, 0.29) is 29.4 Å². The van der Waals surface area contributed by atoms with E-state index in [1.165, 1.54) is 45.1 Å². The van der Waals surface area contributed by atoms with E-state index in [4.69, 9.17) is 43.7 Å². The molecule has 1 aromatic heterocycles. The SMILES string of the molecule is COC(=O)[C@H]1[C@H]2C[C@@H]3c4[nH]c5ccccc5c4C(C(C)C)CN3C[C@H]2C[C@@H](OC(=O)c2cc(OC)c(OC)c(OC)c2)[C@@H]1OC.O=[N+]([O-])O. The van der Waals surface area contributed by atoms with Gasteiger partial charge in [0.15, 0.2) is 11.5 Å². The predicted octanol–water partition coefficient (Wildman–Crippen LogP) is 5.01. The van der Waals surface area contributed by atoms with Crippen molar-refractivity contribution < 1.29 is 48.3 Å². The molecule has 3 heterocycles. The number of piperidine rings is 1. The third-order valence-corrected chi connectivity index (χ3v) is 10.3. The molecule has 6 rings (SSSR count). The van der Waals surface area contributed by atoms with Gasteiger partial charge in [0, 0.05) is 42.7 Å². The molecule has 0 amide bonds. The molecule has 1 aliphatic carbocycles. The number of hydrogen-bond acceptors (Lipinski definition) is 11. The number of aromatic nitrogens is 1. The fraction of sp³-hybridized carbons (Fsp3) is 0.543. The molecule has 3 aromatic rings. The van der Waals surface area contributed by atoms with Gasteiger partial charge in [-0.05, 0) is 54.4 Å². The summed E-state index contributed by atoms with van der Waals surface area (Å²) in [6.07, 6.45) is 0.0352. The highest BCUT2D eigenvalue weighted by Gasteiger charge is 2.55. The van der Waals surface area contributed by atoms with Gasteiger partial charge in [-0.25, -0.2) is 4.79 Å². The average molecular weight is 684 g/mol. The summed E-state index contributed by atoms with van der Waals surface area (Å²) in [6.45, 7) is 6.31. The van der Waals surface area contributed by atoms with E-state index in [0.717, 1.165) is 25.0 Å². The Hall–Kier alpha value is -4.56. The zero-order valence-electron chi connectivity index (χ0n) is 28.8. The lowest BCUT2D eigenvalue weighted by molar-refractivity contribution is -0.742. The number of carbonyl (C=O) groups excluding carboxylic acids is 2. The van der Waals surface area contributed by atoms with Crippen LogP contribution in [0.25, 0.3) is 10.9 Å². The summed E-state index contributed by atoms with van der Waals surface area (Å²) in [4.78, 5) is 41.8. The number of esters is 2. The number of methoxy groups -OCH3 is 5. The number of rotatable bonds is 8. The first-order valence-electron chi connectivity index (χ1n) is 16.3. The summed E-state index contributed by atoms with van der Waals surface area (Å²) in [5, 5.41) is 14.9. The van der Waals surface area contributed by atoms with Gasteiger partial charge in [-0.15, -0.1) is 10.1 Å². The van der Waals surface area contributed by atoms with Gasteiger partial charge in [-0.3, -0.25) is 9.69 Å². The van der Waals surface area contributed by atoms with Crippen LogP contribution in [-0.2, 0) is 19.0 Å². The summed E-state index contributed by atoms with van der Waals surface area (Å²) in [5.74, 6) is 0.533. The lowest BCUT2D eigenvalue weighted by atomic mass is 9.63. The maximum Gasteiger partial charge on any atom is 0.338 e. The number of fused-ring (bicyclic) bond motifs is 6. The van der Waals surface area contributed by atoms with Crippen LogP contribution < -0.4 is 14.2 Å². The van der Waals surface area contributed by atoms with E-state index in [9.17, 15) is 9.59 Å². The van der Waals surface area contributed by atoms with Crippen LogP contribution in [0, 0.1) is 33.8 Å². The molecule has 1 saturated heterocycles. The quantitative estimate of drug-likeness (QED) is 0.185. The van der Waals surface area contributed by atoms with Gasteiger partial charge in [0.1, 0.15) is 12.2 Å². The Morgan fingerprint density at radius 1 is 1.00 bits per heavy atom. The smallest absolute Gasteiger partial charge is 0.338 e. The molecule has 1 saturated carbocycles. The van der Waals surface area contributed by atoms with E-state index in [0.29, 0.717) is 35.5 Å². The van der Waals surface area contributed by atoms with Crippen molar-refractivity contribution >= 4 is 22.8 Å². The lowest BCUT2D eigenvalue weighted by Crippen LogP contribution is -2.58. The Kier molecular flexibility index (Phi) is 10.9. The number of H-pyrrole nitrogens is 1. The number of nitrogens with one attached hydrogen (secondary N) is 1. The summed E-state index contributed by atoms with van der Waals surface area (Å²) >= 11 is 0. The van der Waals surface area contributed by atoms with Gasteiger partial charge in [-0.2, -0.15) is 0 Å². The van der Waals surface area contributed by atoms with Crippen LogP contribution in [0.3, 0.4) is 0 Å². The Morgan fingerprint density at radius 2 is 1.65 bits per heavy atom. The monoisotopic (exact) mass is 683 g/mol. The molecule has 49 heavy (non-hydrogen) atoms. The number of ether oxygens (including phenoxy) is 6. The van der Waals surface area contributed by atoms with Gasteiger partial charge in [0.25, 0.3) is 5.09 Å². The fourth-order valence-electron chi connectivity index (χ4n) is 8.26. The minimum atomic E-state index is -1.50. The molecule has 7 atom stereocenters. The average Bonchev–Trinajstić information content (AvgIpc) is 3.48. The van der Waals surface area contributed by atoms with Gasteiger partial charge in [0.05, 0.1) is 46.0 Å². The maximum atomic E-state index is 13.6. The Labute approximate surface area is 284 Å². The van der Waals surface area contributed by atoms with E-state index in [2.05, 4.69) is 48.0 Å². The normalized spacial score (nSPS) is 25.9. The van der Waals surface area contributed by atoms with Crippen LogP contribution >= 0.6 is 0 Å². The first-order valence-corrected chi connectivity index (χ1v) is 16.3. The van der Waals surface area contributed by atoms with E-state index in [1.54, 1.807) is 19.2 Å². The predicted molar refractivity (Wildman–Crippen MR) is 177 cm³/mol. The van der Waals surface area contributed by atoms with Gasteiger partial charge < -0.3 is 38.6 Å². The molecule has 14 nitrogen and oxygen atoms in total. The first kappa shape index (κ1) is 35.7. The standard InChI is InChI=1S/C35H44N2O8.HNO3/c1-18(2)23-17-37-16-20-14-28(45-34(38)19-12-26(40-3)32(42-5)27(13-19)41-4)33(43-6)30(35(39)44-7)22(20)15-25(37)31-29(23)21-10-8-9-11-24(21)36-31;2-1(3)4/h8-13,18,20,22-23,25,28,30,33,36H,14-17H2,1-7H3;(H,2,3,4)/t20-,22+,23?,25-,28-,30+,33+;/m1./s1. The summed E-state index contributed by atoms with van der Waals surface area (Å²) in [7, 11) is 7.48. The molecule has 14 heteroatoms. The van der Waals surface area contributed by atoms with Crippen LogP contribution in [0.1, 0.15) is 60.3 Å². The van der Waals surface area contributed by atoms with Crippen molar-refractivity contribution in [3.8, 4) is 17.2 Å². The number of para-hydroxylation sites is 1. The third-order valence-electron chi connectivity index (χ3n) is 10.3. The molecule has 2 aliphatic heterocycles. The molecule has 1 unspecified atom stereocenters. The molecule has 0 radical (unpaired) electrons. The first-order chi connectivity index (χ1) is 23.5. The molecule has 0 spiro atoms. The van der Waals surface area contributed by atoms with Crippen molar-refractivity contribution in [1.29, 1.82) is 0 Å². The summed E-state index contributed by atoms with van der Waals surface area (Å²) in [5.41, 5.74) is 4.07. The fourth-order valence-corrected chi connectivity index (χ4v) is 8.26. The zero-order valence-corrected chi connectivity index (χ0v) is 28.8. The van der Waals surface area contributed by atoms with Gasteiger partial charge in [-0.1, -0.05) is 32.0 Å². The van der Waals surface area contributed by atoms with Crippen molar-refractivity contribution in [1.82, 2.24) is 9.88 Å². The number of nitrogens with zero attached hydrogens (tertiary/aromatic N) is 2. The zero-order chi connectivity index (χ0) is 35.6. The minimum absolute atomic E-state index is 0.00496. The van der Waals surface area contributed by atoms with Crippen LogP contribution in [0.4, 0.5) is 0 Å². The Morgan fingerprint density at radius 3 is 2.22 bits per heavy atom. The highest BCUT2D eigenvalue weighted by molar-refractivity contribution is 5.91. The van der Waals surface area contributed by atoms with Crippen LogP contribution in [0.2, 0.25) is 0 Å². The molecule has 2 N–H and O–H groups in total. The maximum absolute atomic E-state index is 13.6. The van der Waals surface area contributed by atoms with Crippen LogP contribution in [0.15, 0.2) is 36.4 Å². The van der Waals surface area contributed by atoms with E-state index in [1.807, 2.05) is 0 Å². The van der Waals surface area contributed by atoms with Crippen molar-refractivity contribution in [3.63, 3.8) is 0 Å². The Bertz CT molecular complexity index is 1640. The number of benzene rings is 2. The lowest BCUT2D eigenvalue weighted by Gasteiger charge is -2.54. The number of aromatic amines is 1. The van der Waals surface area contributed by atoms with Crippen molar-refractivity contribution in [2.45, 2.75) is 50.9 Å². The highest BCUT2D eigenvalue weighted by Crippen LogP contribution is 2.53. The second kappa shape index (κ2) is 14.9. The summed E-state index contributed by atoms with van der Waals surface area (Å²) in [6, 6.07) is 11.8. The summed E-state index contributed by atoms with van der Waals surface area (Å²) < 4.78 is 33.8. The Balaban J connectivity index is 0.00000111. The number of carbonyl (C=O) groups is 2. The minimum Gasteiger partial charge on any atom is -0.493 e. The second-order valence-electron chi connectivity index (χ2n) is 13.1. The van der Waals surface area contributed by atoms with Crippen LogP contribution in [0.5, 0.6) is 17.2 Å². The van der Waals surface area contributed by atoms with Crippen molar-refractivity contribution in [2.24, 2.45) is 23.7 Å². The van der Waals surface area contributed by atoms with E-state index >= 15 is 0 Å². The molecular weight excluding hydrogens is 638 g/mol. The topological polar surface area (TPSA) is 172 Å². The largest absolute Gasteiger partial charge is 0.493 e. The van der Waals surface area contributed by atoms with E-state index < -0.39 is 29.2 Å². The molecule has 266 valence electrons. The molecular formula is C35H45N3O11. The van der Waals surface area contributed by atoms with Crippen molar-refractivity contribution in [2.75, 3.05) is 48.6 Å². The molecule has 3 aliphatic rings. The second-order valence-corrected chi connectivity index (χ2v) is 13.1. The molecule has 0 bridgehead atoms. The van der Waals surface area contributed by atoms with Gasteiger partial charge >= 0.3 is 11.9 Å². The highest BCUT2D eigenvalue weighted by atomic mass is 16.9. The van der Waals surface area contributed by atoms with Crippen molar-refractivity contribution in [3.05, 3.63) is 63.3 Å². The third kappa shape index (κ3) is 6.84. The molecule has 2 aromatic carbocycles. The van der Waals surface area contributed by atoms with Gasteiger partial charge in [0.2, 0.25) is 5.75 Å². The number of hydrogen-bond donors (Lipinski definition) is 2.